The van der Waals surface area contributed by atoms with Crippen molar-refractivity contribution in [3.63, 3.8) is 0 Å². The highest BCUT2D eigenvalue weighted by molar-refractivity contribution is 5.92. The van der Waals surface area contributed by atoms with Gasteiger partial charge in [-0.3, -0.25) is 14.9 Å². The third-order valence-electron chi connectivity index (χ3n) is 3.76. The van der Waals surface area contributed by atoms with E-state index in [9.17, 15) is 20.0 Å². The van der Waals surface area contributed by atoms with Crippen molar-refractivity contribution in [1.82, 2.24) is 5.32 Å². The van der Waals surface area contributed by atoms with Crippen molar-refractivity contribution in [2.24, 2.45) is 5.92 Å². The van der Waals surface area contributed by atoms with E-state index in [4.69, 9.17) is 0 Å². The van der Waals surface area contributed by atoms with E-state index >= 15 is 0 Å². The molecule has 1 aromatic rings. The molecule has 0 aromatic heterocycles. The van der Waals surface area contributed by atoms with Gasteiger partial charge in [-0.15, -0.1) is 0 Å². The summed E-state index contributed by atoms with van der Waals surface area (Å²) < 4.78 is 0. The normalized spacial score (nSPS) is 17.4. The summed E-state index contributed by atoms with van der Waals surface area (Å²) >= 11 is 0. The molecule has 6 nitrogen and oxygen atoms in total. The lowest BCUT2D eigenvalue weighted by atomic mass is 9.97. The number of carbonyl (C=O) groups is 1. The summed E-state index contributed by atoms with van der Waals surface area (Å²) in [5.74, 6) is -0.0671. The quantitative estimate of drug-likeness (QED) is 0.475. The number of amides is 1. The first-order valence-electron chi connectivity index (χ1n) is 6.81. The highest BCUT2D eigenvalue weighted by atomic mass is 16.6. The Labute approximate surface area is 122 Å². The summed E-state index contributed by atoms with van der Waals surface area (Å²) in [5, 5.41) is 23.1. The first-order valence-corrected chi connectivity index (χ1v) is 6.81. The lowest BCUT2D eigenvalue weighted by molar-refractivity contribution is -0.385. The van der Waals surface area contributed by atoms with Gasteiger partial charge in [0.15, 0.2) is 0 Å². The van der Waals surface area contributed by atoms with E-state index in [2.05, 4.69) is 5.32 Å². The molecule has 1 saturated carbocycles. The molecule has 0 saturated heterocycles. The molecule has 2 rings (SSSR count). The number of hydrogen-bond donors (Lipinski definition) is 2. The molecular weight excluding hydrogens is 272 g/mol. The van der Waals surface area contributed by atoms with E-state index in [-0.39, 0.29) is 18.2 Å². The van der Waals surface area contributed by atoms with Crippen LogP contribution in [0.5, 0.6) is 0 Å². The lowest BCUT2D eigenvalue weighted by Crippen LogP contribution is -2.50. The monoisotopic (exact) mass is 290 g/mol. The second-order valence-corrected chi connectivity index (χ2v) is 5.49. The van der Waals surface area contributed by atoms with E-state index in [1.54, 1.807) is 25.1 Å². The maximum absolute atomic E-state index is 11.9. The number of aliphatic hydroxyl groups excluding tert-OH is 1. The third-order valence-corrected chi connectivity index (χ3v) is 3.76. The fraction of sp³-hybridized carbons (Fsp3) is 0.400. The number of nitro benzene ring substituents is 1. The second kappa shape index (κ2) is 6.05. The van der Waals surface area contributed by atoms with Crippen LogP contribution in [-0.4, -0.2) is 28.1 Å². The molecule has 1 atom stereocenters. The Morgan fingerprint density at radius 3 is 2.76 bits per heavy atom. The molecule has 1 aromatic carbocycles. The molecule has 2 N–H and O–H groups in total. The highest BCUT2D eigenvalue weighted by Gasteiger charge is 2.41. The molecule has 112 valence electrons. The molecule has 0 spiro atoms. The average molecular weight is 290 g/mol. The average Bonchev–Trinajstić information content (AvgIpc) is 3.30. The van der Waals surface area contributed by atoms with E-state index in [0.29, 0.717) is 11.5 Å². The Balaban J connectivity index is 2.07. The minimum Gasteiger partial charge on any atom is -0.394 e. The van der Waals surface area contributed by atoms with Gasteiger partial charge < -0.3 is 10.4 Å². The van der Waals surface area contributed by atoms with Crippen LogP contribution in [-0.2, 0) is 4.79 Å². The van der Waals surface area contributed by atoms with Crippen molar-refractivity contribution in [3.05, 3.63) is 46.0 Å². The van der Waals surface area contributed by atoms with E-state index in [1.807, 2.05) is 0 Å². The molecule has 1 aliphatic carbocycles. The number of nitrogens with one attached hydrogen (secondary N) is 1. The molecule has 6 heteroatoms. The van der Waals surface area contributed by atoms with E-state index in [1.165, 1.54) is 18.2 Å². The Kier molecular flexibility index (Phi) is 4.37. The molecule has 1 unspecified atom stereocenters. The van der Waals surface area contributed by atoms with Gasteiger partial charge in [-0.25, -0.2) is 0 Å². The lowest BCUT2D eigenvalue weighted by Gasteiger charge is -2.28. The van der Waals surface area contributed by atoms with Gasteiger partial charge in [-0.1, -0.05) is 12.1 Å². The van der Waals surface area contributed by atoms with Crippen LogP contribution in [0.15, 0.2) is 30.3 Å². The molecule has 0 radical (unpaired) electrons. The van der Waals surface area contributed by atoms with E-state index < -0.39 is 10.5 Å². The van der Waals surface area contributed by atoms with Crippen LogP contribution in [0.2, 0.25) is 0 Å². The summed E-state index contributed by atoms with van der Waals surface area (Å²) in [4.78, 5) is 22.3. The van der Waals surface area contributed by atoms with Crippen molar-refractivity contribution >= 4 is 17.7 Å². The zero-order valence-corrected chi connectivity index (χ0v) is 11.8. The number of carbonyl (C=O) groups excluding carboxylic acids is 1. The topological polar surface area (TPSA) is 92.5 Å². The van der Waals surface area contributed by atoms with Gasteiger partial charge in [0.25, 0.3) is 5.69 Å². The highest BCUT2D eigenvalue weighted by Crippen LogP contribution is 2.39. The van der Waals surface area contributed by atoms with Crippen LogP contribution in [0.3, 0.4) is 0 Å². The van der Waals surface area contributed by atoms with Gasteiger partial charge in [-0.2, -0.15) is 0 Å². The Morgan fingerprint density at radius 2 is 2.19 bits per heavy atom. The van der Waals surface area contributed by atoms with Crippen LogP contribution in [0.25, 0.3) is 6.08 Å². The van der Waals surface area contributed by atoms with Crippen molar-refractivity contribution in [2.75, 3.05) is 6.61 Å². The predicted molar refractivity (Wildman–Crippen MR) is 78.5 cm³/mol. The van der Waals surface area contributed by atoms with Gasteiger partial charge in [0.2, 0.25) is 5.91 Å². The van der Waals surface area contributed by atoms with E-state index in [0.717, 1.165) is 12.8 Å². The van der Waals surface area contributed by atoms with Gasteiger partial charge >= 0.3 is 0 Å². The van der Waals surface area contributed by atoms with Crippen LogP contribution in [0.1, 0.15) is 25.3 Å². The van der Waals surface area contributed by atoms with Gasteiger partial charge in [0, 0.05) is 12.1 Å². The van der Waals surface area contributed by atoms with Crippen LogP contribution in [0, 0.1) is 16.0 Å². The fourth-order valence-electron chi connectivity index (χ4n) is 2.27. The van der Waals surface area contributed by atoms with Crippen molar-refractivity contribution in [2.45, 2.75) is 25.3 Å². The maximum atomic E-state index is 11.9. The standard InChI is InChI=1S/C15H18N2O4/c1-15(10-18,12-7-8-12)16-14(19)9-6-11-4-2-3-5-13(11)17(20)21/h2-6,9,12,18H,7-8,10H2,1H3,(H,16,19)/b9-6+. The molecule has 21 heavy (non-hydrogen) atoms. The maximum Gasteiger partial charge on any atom is 0.276 e. The van der Waals surface area contributed by atoms with Crippen LogP contribution in [0.4, 0.5) is 5.69 Å². The number of aliphatic hydroxyl groups is 1. The van der Waals surface area contributed by atoms with Crippen LogP contribution >= 0.6 is 0 Å². The Hall–Kier alpha value is -2.21. The SMILES string of the molecule is CC(CO)(NC(=O)/C=C/c1ccccc1[N+](=O)[O-])C1CC1. The first-order chi connectivity index (χ1) is 9.96. The first kappa shape index (κ1) is 15.2. The summed E-state index contributed by atoms with van der Waals surface area (Å²) in [6.07, 6.45) is 4.66. The molecule has 0 bridgehead atoms. The van der Waals surface area contributed by atoms with Crippen LogP contribution < -0.4 is 5.32 Å². The summed E-state index contributed by atoms with van der Waals surface area (Å²) in [6, 6.07) is 6.21. The zero-order valence-electron chi connectivity index (χ0n) is 11.8. The second-order valence-electron chi connectivity index (χ2n) is 5.49. The van der Waals surface area contributed by atoms with Gasteiger partial charge in [-0.05, 0) is 37.8 Å². The van der Waals surface area contributed by atoms with Crippen molar-refractivity contribution in [3.8, 4) is 0 Å². The number of benzene rings is 1. The zero-order chi connectivity index (χ0) is 15.5. The minimum atomic E-state index is -0.621. The summed E-state index contributed by atoms with van der Waals surface area (Å²) in [5.41, 5.74) is -0.298. The number of nitrogens with zero attached hydrogens (tertiary/aromatic N) is 1. The molecule has 0 aliphatic heterocycles. The number of nitro groups is 1. The summed E-state index contributed by atoms with van der Waals surface area (Å²) in [7, 11) is 0. The molecule has 1 fully saturated rings. The Bertz CT molecular complexity index is 581. The molecule has 1 amide bonds. The minimum absolute atomic E-state index is 0.0475. The fourth-order valence-corrected chi connectivity index (χ4v) is 2.27. The van der Waals surface area contributed by atoms with Gasteiger partial charge in [0.1, 0.15) is 0 Å². The smallest absolute Gasteiger partial charge is 0.276 e. The van der Waals surface area contributed by atoms with Gasteiger partial charge in [0.05, 0.1) is 22.6 Å². The third kappa shape index (κ3) is 3.66. The summed E-state index contributed by atoms with van der Waals surface area (Å²) in [6.45, 7) is 1.68. The number of rotatable bonds is 6. The van der Waals surface area contributed by atoms with Crippen molar-refractivity contribution < 1.29 is 14.8 Å². The van der Waals surface area contributed by atoms with Crippen molar-refractivity contribution in [1.29, 1.82) is 0 Å². The Morgan fingerprint density at radius 1 is 1.52 bits per heavy atom. The molecular formula is C15H18N2O4. The molecule has 0 heterocycles. The number of para-hydroxylation sites is 1. The number of hydrogen-bond acceptors (Lipinski definition) is 4. The largest absolute Gasteiger partial charge is 0.394 e. The molecule has 1 aliphatic rings. The predicted octanol–water partition coefficient (Wildman–Crippen LogP) is 1.89.